The van der Waals surface area contributed by atoms with E-state index in [9.17, 15) is 4.79 Å². The van der Waals surface area contributed by atoms with Crippen LogP contribution in [0.1, 0.15) is 32.1 Å². The van der Waals surface area contributed by atoms with Crippen LogP contribution in [0.25, 0.3) is 0 Å². The van der Waals surface area contributed by atoms with E-state index in [2.05, 4.69) is 4.99 Å². The van der Waals surface area contributed by atoms with Gasteiger partial charge in [0.05, 0.1) is 6.04 Å². The molecule has 0 radical (unpaired) electrons. The van der Waals surface area contributed by atoms with Gasteiger partial charge >= 0.3 is 0 Å². The second-order valence-corrected chi connectivity index (χ2v) is 3.73. The molecular weight excluding hydrogens is 180 g/mol. The van der Waals surface area contributed by atoms with E-state index < -0.39 is 11.9 Å². The molecule has 0 aliphatic heterocycles. The van der Waals surface area contributed by atoms with Crippen molar-refractivity contribution in [2.45, 2.75) is 44.2 Å². The minimum absolute atomic E-state index is 0.171. The quantitative estimate of drug-likeness (QED) is 0.420. The number of aliphatic imine (C=N–C) groups is 1. The molecule has 5 heteroatoms. The number of nitrogens with two attached hydrogens (primary N) is 3. The molecule has 1 fully saturated rings. The third-order valence-electron chi connectivity index (χ3n) is 2.53. The number of primary amides is 1. The van der Waals surface area contributed by atoms with Crippen LogP contribution < -0.4 is 17.2 Å². The van der Waals surface area contributed by atoms with Crippen molar-refractivity contribution < 1.29 is 4.79 Å². The fourth-order valence-corrected chi connectivity index (χ4v) is 1.65. The number of nitrogens with zero attached hydrogens (tertiary/aromatic N) is 1. The Balaban J connectivity index is 2.52. The Bertz CT molecular complexity index is 233. The molecule has 0 aromatic carbocycles. The molecule has 1 saturated carbocycles. The summed E-state index contributed by atoms with van der Waals surface area (Å²) in [5, 5.41) is 0. The smallest absolute Gasteiger partial charge is 0.242 e. The Morgan fingerprint density at radius 2 is 1.79 bits per heavy atom. The first-order valence-corrected chi connectivity index (χ1v) is 4.99. The van der Waals surface area contributed by atoms with Crippen LogP contribution in [0.5, 0.6) is 0 Å². The van der Waals surface area contributed by atoms with E-state index >= 15 is 0 Å². The molecule has 6 N–H and O–H groups in total. The molecule has 1 aliphatic carbocycles. The first-order chi connectivity index (χ1) is 6.61. The molecule has 14 heavy (non-hydrogen) atoms. The molecule has 0 aromatic heterocycles. The van der Waals surface area contributed by atoms with Crippen molar-refractivity contribution in [3.63, 3.8) is 0 Å². The summed E-state index contributed by atoms with van der Waals surface area (Å²) in [6.45, 7) is 0. The number of carbonyl (C=O) groups is 1. The third kappa shape index (κ3) is 2.99. The zero-order valence-electron chi connectivity index (χ0n) is 8.28. The molecule has 0 bridgehead atoms. The molecular formula is C9H18N4O. The maximum atomic E-state index is 10.7. The summed E-state index contributed by atoms with van der Waals surface area (Å²) < 4.78 is 0. The highest BCUT2D eigenvalue weighted by Gasteiger charge is 2.17. The van der Waals surface area contributed by atoms with Gasteiger partial charge in [0, 0.05) is 0 Å². The number of carbonyl (C=O) groups excluding carboxylic acids is 1. The molecule has 1 aliphatic rings. The molecule has 1 rings (SSSR count). The predicted molar refractivity (Wildman–Crippen MR) is 55.7 cm³/mol. The third-order valence-corrected chi connectivity index (χ3v) is 2.53. The number of amides is 1. The summed E-state index contributed by atoms with van der Waals surface area (Å²) in [7, 11) is 0. The van der Waals surface area contributed by atoms with Gasteiger partial charge in [-0.3, -0.25) is 9.79 Å². The molecule has 1 unspecified atom stereocenters. The Kier molecular flexibility index (Phi) is 3.88. The van der Waals surface area contributed by atoms with E-state index in [1.54, 1.807) is 0 Å². The van der Waals surface area contributed by atoms with Gasteiger partial charge in [0.1, 0.15) is 11.9 Å². The van der Waals surface area contributed by atoms with Gasteiger partial charge < -0.3 is 17.2 Å². The van der Waals surface area contributed by atoms with E-state index in [4.69, 9.17) is 17.2 Å². The molecule has 80 valence electrons. The SMILES string of the molecule is NC(=O)C(N)C(N)=NC1CCCCC1. The lowest BCUT2D eigenvalue weighted by atomic mass is 9.96. The first-order valence-electron chi connectivity index (χ1n) is 4.99. The van der Waals surface area contributed by atoms with Crippen LogP contribution >= 0.6 is 0 Å². The Morgan fingerprint density at radius 3 is 2.29 bits per heavy atom. The summed E-state index contributed by atoms with van der Waals surface area (Å²) in [5.74, 6) is -0.452. The standard InChI is InChI=1S/C9H18N4O/c10-7(9(12)14)8(11)13-6-4-2-1-3-5-6/h6-7H,1-5,10H2,(H2,11,13)(H2,12,14). The summed E-state index contributed by atoms with van der Waals surface area (Å²) in [5.41, 5.74) is 16.0. The van der Waals surface area contributed by atoms with Gasteiger partial charge in [-0.1, -0.05) is 19.3 Å². The molecule has 1 amide bonds. The highest BCUT2D eigenvalue weighted by atomic mass is 16.1. The second kappa shape index (κ2) is 4.95. The van der Waals surface area contributed by atoms with Crippen molar-refractivity contribution in [1.29, 1.82) is 0 Å². The van der Waals surface area contributed by atoms with Gasteiger partial charge in [0.15, 0.2) is 0 Å². The van der Waals surface area contributed by atoms with E-state index in [-0.39, 0.29) is 11.9 Å². The van der Waals surface area contributed by atoms with Crippen LogP contribution in [0.4, 0.5) is 0 Å². The lowest BCUT2D eigenvalue weighted by Crippen LogP contribution is -2.47. The predicted octanol–water partition coefficient (Wildman–Crippen LogP) is -0.511. The first kappa shape index (κ1) is 11.0. The van der Waals surface area contributed by atoms with Crippen LogP contribution in [-0.2, 0) is 4.79 Å². The molecule has 1 atom stereocenters. The number of amidine groups is 1. The van der Waals surface area contributed by atoms with Crippen molar-refractivity contribution >= 4 is 11.7 Å². The summed E-state index contributed by atoms with van der Waals surface area (Å²) in [6.07, 6.45) is 5.67. The second-order valence-electron chi connectivity index (χ2n) is 3.73. The zero-order chi connectivity index (χ0) is 10.6. The average Bonchev–Trinajstić information content (AvgIpc) is 2.18. The lowest BCUT2D eigenvalue weighted by molar-refractivity contribution is -0.117. The minimum atomic E-state index is -0.933. The van der Waals surface area contributed by atoms with Gasteiger partial charge in [0.2, 0.25) is 5.91 Å². The van der Waals surface area contributed by atoms with Gasteiger partial charge in [-0.05, 0) is 12.8 Å². The molecule has 0 heterocycles. The van der Waals surface area contributed by atoms with Crippen LogP contribution in [0, 0.1) is 0 Å². The Morgan fingerprint density at radius 1 is 1.21 bits per heavy atom. The molecule has 0 saturated heterocycles. The van der Waals surface area contributed by atoms with Gasteiger partial charge in [0.25, 0.3) is 0 Å². The molecule has 5 nitrogen and oxygen atoms in total. The normalized spacial score (nSPS) is 21.9. The summed E-state index contributed by atoms with van der Waals surface area (Å²) >= 11 is 0. The van der Waals surface area contributed by atoms with Crippen molar-refractivity contribution in [1.82, 2.24) is 0 Å². The van der Waals surface area contributed by atoms with Crippen molar-refractivity contribution in [2.24, 2.45) is 22.2 Å². The topological polar surface area (TPSA) is 107 Å². The number of hydrogen-bond donors (Lipinski definition) is 3. The van der Waals surface area contributed by atoms with Crippen LogP contribution in [-0.4, -0.2) is 23.8 Å². The fourth-order valence-electron chi connectivity index (χ4n) is 1.65. The maximum absolute atomic E-state index is 10.7. The lowest BCUT2D eigenvalue weighted by Gasteiger charge is -2.19. The highest BCUT2D eigenvalue weighted by Crippen LogP contribution is 2.20. The van der Waals surface area contributed by atoms with Crippen molar-refractivity contribution in [3.05, 3.63) is 0 Å². The number of hydrogen-bond acceptors (Lipinski definition) is 3. The van der Waals surface area contributed by atoms with Crippen molar-refractivity contribution in [2.75, 3.05) is 0 Å². The Hall–Kier alpha value is -1.10. The molecule has 0 spiro atoms. The van der Waals surface area contributed by atoms with E-state index in [0.717, 1.165) is 12.8 Å². The van der Waals surface area contributed by atoms with Crippen LogP contribution in [0.2, 0.25) is 0 Å². The van der Waals surface area contributed by atoms with Crippen LogP contribution in [0.15, 0.2) is 4.99 Å². The Labute approximate surface area is 83.7 Å². The average molecular weight is 198 g/mol. The summed E-state index contributed by atoms with van der Waals surface area (Å²) in [6, 6.07) is -0.703. The van der Waals surface area contributed by atoms with Gasteiger partial charge in [-0.25, -0.2) is 0 Å². The van der Waals surface area contributed by atoms with Crippen molar-refractivity contribution in [3.8, 4) is 0 Å². The van der Waals surface area contributed by atoms with Crippen LogP contribution in [0.3, 0.4) is 0 Å². The van der Waals surface area contributed by atoms with E-state index in [1.165, 1.54) is 19.3 Å². The zero-order valence-corrected chi connectivity index (χ0v) is 8.28. The monoisotopic (exact) mass is 198 g/mol. The minimum Gasteiger partial charge on any atom is -0.386 e. The highest BCUT2D eigenvalue weighted by molar-refractivity contribution is 6.05. The van der Waals surface area contributed by atoms with Gasteiger partial charge in [-0.15, -0.1) is 0 Å². The molecule has 0 aromatic rings. The summed E-state index contributed by atoms with van der Waals surface area (Å²) in [4.78, 5) is 14.9. The largest absolute Gasteiger partial charge is 0.386 e. The fraction of sp³-hybridized carbons (Fsp3) is 0.778. The maximum Gasteiger partial charge on any atom is 0.242 e. The van der Waals surface area contributed by atoms with E-state index in [0.29, 0.717) is 0 Å². The van der Waals surface area contributed by atoms with Gasteiger partial charge in [-0.2, -0.15) is 0 Å². The number of rotatable bonds is 3. The van der Waals surface area contributed by atoms with E-state index in [1.807, 2.05) is 0 Å².